The summed E-state index contributed by atoms with van der Waals surface area (Å²) in [5.41, 5.74) is 2.45. The van der Waals surface area contributed by atoms with Gasteiger partial charge in [0.25, 0.3) is 0 Å². The third kappa shape index (κ3) is 3.95. The summed E-state index contributed by atoms with van der Waals surface area (Å²) in [6, 6.07) is 6.31. The quantitative estimate of drug-likeness (QED) is 0.726. The van der Waals surface area contributed by atoms with E-state index in [1.54, 1.807) is 6.07 Å². The predicted molar refractivity (Wildman–Crippen MR) is 109 cm³/mol. The number of hydrogen-bond acceptors (Lipinski definition) is 5. The van der Waals surface area contributed by atoms with Crippen LogP contribution >= 0.6 is 0 Å². The number of carbonyl (C=O) groups excluding carboxylic acids is 1. The highest BCUT2D eigenvalue weighted by atomic mass is 19.1. The molecule has 3 heterocycles. The number of aryl methyl sites for hydroxylation is 3. The summed E-state index contributed by atoms with van der Waals surface area (Å²) >= 11 is 0. The normalized spacial score (nSPS) is 15.1. The number of anilines is 1. The van der Waals surface area contributed by atoms with Crippen molar-refractivity contribution in [3.8, 4) is 0 Å². The average Bonchev–Trinajstić information content (AvgIpc) is 2.99. The van der Waals surface area contributed by atoms with Gasteiger partial charge in [0.15, 0.2) is 0 Å². The maximum absolute atomic E-state index is 13.3. The van der Waals surface area contributed by atoms with Crippen molar-refractivity contribution in [2.45, 2.75) is 40.2 Å². The summed E-state index contributed by atoms with van der Waals surface area (Å²) < 4.78 is 19.1. The Hall–Kier alpha value is -2.96. The van der Waals surface area contributed by atoms with Crippen molar-refractivity contribution in [1.29, 1.82) is 0 Å². The summed E-state index contributed by atoms with van der Waals surface area (Å²) in [6.07, 6.45) is 1.49. The summed E-state index contributed by atoms with van der Waals surface area (Å²) in [5, 5.41) is 3.90. The summed E-state index contributed by atoms with van der Waals surface area (Å²) in [5.74, 6) is 2.10. The van der Waals surface area contributed by atoms with Crippen molar-refractivity contribution in [3.63, 3.8) is 0 Å². The van der Waals surface area contributed by atoms with E-state index in [-0.39, 0.29) is 17.6 Å². The van der Waals surface area contributed by atoms with Crippen LogP contribution in [0.2, 0.25) is 0 Å². The van der Waals surface area contributed by atoms with Gasteiger partial charge >= 0.3 is 0 Å². The number of carbonyl (C=O) groups is 1. The van der Waals surface area contributed by atoms with Crippen LogP contribution in [-0.4, -0.2) is 29.0 Å². The zero-order chi connectivity index (χ0) is 20.5. The van der Waals surface area contributed by atoms with E-state index in [0.29, 0.717) is 18.1 Å². The van der Waals surface area contributed by atoms with Crippen LogP contribution in [0.5, 0.6) is 0 Å². The lowest BCUT2D eigenvalue weighted by Gasteiger charge is -2.32. The van der Waals surface area contributed by atoms with Gasteiger partial charge < -0.3 is 14.6 Å². The molecule has 4 rings (SSSR count). The van der Waals surface area contributed by atoms with Crippen LogP contribution in [0.25, 0.3) is 11.1 Å². The molecule has 1 aromatic carbocycles. The second kappa shape index (κ2) is 7.81. The molecular weight excluding hydrogens is 371 g/mol. The van der Waals surface area contributed by atoms with Gasteiger partial charge in [-0.3, -0.25) is 4.79 Å². The molecule has 0 radical (unpaired) electrons. The molecule has 1 N–H and O–H groups in total. The summed E-state index contributed by atoms with van der Waals surface area (Å²) in [4.78, 5) is 23.9. The average molecular weight is 396 g/mol. The molecule has 1 saturated heterocycles. The number of nitrogens with zero attached hydrogens (tertiary/aromatic N) is 3. The van der Waals surface area contributed by atoms with Crippen LogP contribution in [0, 0.1) is 32.5 Å². The number of amides is 1. The number of rotatable bonds is 4. The van der Waals surface area contributed by atoms with Gasteiger partial charge in [0.2, 0.25) is 11.6 Å². The minimum atomic E-state index is -0.290. The Labute approximate surface area is 169 Å². The van der Waals surface area contributed by atoms with E-state index < -0.39 is 0 Å². The fraction of sp³-hybridized carbons (Fsp3) is 0.409. The molecule has 2 aromatic heterocycles. The first-order valence-electron chi connectivity index (χ1n) is 9.94. The molecule has 3 aromatic rings. The lowest BCUT2D eigenvalue weighted by atomic mass is 9.95. The van der Waals surface area contributed by atoms with Crippen molar-refractivity contribution in [2.75, 3.05) is 18.0 Å². The Kier molecular flexibility index (Phi) is 5.22. The molecule has 0 unspecified atom stereocenters. The minimum Gasteiger partial charge on any atom is -0.443 e. The minimum absolute atomic E-state index is 0.0215. The van der Waals surface area contributed by atoms with Crippen molar-refractivity contribution in [2.24, 2.45) is 5.92 Å². The number of fused-ring (bicyclic) bond motifs is 1. The first kappa shape index (κ1) is 19.4. The lowest BCUT2D eigenvalue weighted by molar-refractivity contribution is -0.125. The number of halogens is 1. The van der Waals surface area contributed by atoms with E-state index >= 15 is 0 Å². The smallest absolute Gasteiger partial charge is 0.231 e. The van der Waals surface area contributed by atoms with Crippen LogP contribution in [0.15, 0.2) is 28.7 Å². The van der Waals surface area contributed by atoms with E-state index in [1.807, 2.05) is 26.8 Å². The molecular formula is C22H25FN4O2. The number of hydrogen-bond donors (Lipinski definition) is 1. The number of aromatic nitrogens is 2. The highest BCUT2D eigenvalue weighted by molar-refractivity contribution is 5.90. The summed E-state index contributed by atoms with van der Waals surface area (Å²) in [6.45, 7) is 7.65. The van der Waals surface area contributed by atoms with Gasteiger partial charge in [-0.1, -0.05) is 12.1 Å². The first-order chi connectivity index (χ1) is 13.9. The fourth-order valence-electron chi connectivity index (χ4n) is 3.89. The van der Waals surface area contributed by atoms with Gasteiger partial charge in [0, 0.05) is 31.1 Å². The molecule has 152 valence electrons. The van der Waals surface area contributed by atoms with Gasteiger partial charge in [-0.15, -0.1) is 0 Å². The fourth-order valence-corrected chi connectivity index (χ4v) is 3.89. The SMILES string of the molecule is Cc1nc(N2CCC(C(=O)NCc3cccc(F)c3)CC2)c2c(C)c(C)oc2n1. The van der Waals surface area contributed by atoms with Gasteiger partial charge in [0.05, 0.1) is 5.39 Å². The molecule has 1 aliphatic rings. The van der Waals surface area contributed by atoms with Crippen LogP contribution in [0.3, 0.4) is 0 Å². The third-order valence-corrected chi connectivity index (χ3v) is 5.64. The number of nitrogens with one attached hydrogen (secondary N) is 1. The first-order valence-corrected chi connectivity index (χ1v) is 9.94. The van der Waals surface area contributed by atoms with Crippen LogP contribution in [-0.2, 0) is 11.3 Å². The van der Waals surface area contributed by atoms with E-state index in [0.717, 1.165) is 54.0 Å². The monoisotopic (exact) mass is 396 g/mol. The molecule has 1 fully saturated rings. The third-order valence-electron chi connectivity index (χ3n) is 5.64. The molecule has 1 aliphatic heterocycles. The molecule has 29 heavy (non-hydrogen) atoms. The second-order valence-electron chi connectivity index (χ2n) is 7.67. The molecule has 0 bridgehead atoms. The van der Waals surface area contributed by atoms with Crippen LogP contribution in [0.1, 0.15) is 35.6 Å². The highest BCUT2D eigenvalue weighted by Gasteiger charge is 2.28. The van der Waals surface area contributed by atoms with Crippen molar-refractivity contribution in [1.82, 2.24) is 15.3 Å². The Morgan fingerprint density at radius 1 is 1.24 bits per heavy atom. The molecule has 7 heteroatoms. The number of furan rings is 1. The van der Waals surface area contributed by atoms with E-state index in [4.69, 9.17) is 4.42 Å². The lowest BCUT2D eigenvalue weighted by Crippen LogP contribution is -2.40. The van der Waals surface area contributed by atoms with Crippen molar-refractivity contribution >= 4 is 22.8 Å². The van der Waals surface area contributed by atoms with Crippen molar-refractivity contribution < 1.29 is 13.6 Å². The molecule has 0 spiro atoms. The predicted octanol–water partition coefficient (Wildman–Crippen LogP) is 3.82. The van der Waals surface area contributed by atoms with E-state index in [1.165, 1.54) is 12.1 Å². The van der Waals surface area contributed by atoms with Gasteiger partial charge in [-0.2, -0.15) is 4.98 Å². The zero-order valence-corrected chi connectivity index (χ0v) is 17.0. The topological polar surface area (TPSA) is 71.3 Å². The maximum Gasteiger partial charge on any atom is 0.231 e. The standard InChI is InChI=1S/C22H25FN4O2/c1-13-14(2)29-22-19(13)20(25-15(3)26-22)27-9-7-17(8-10-27)21(28)24-12-16-5-4-6-18(23)11-16/h4-6,11,17H,7-10,12H2,1-3H3,(H,24,28). The molecule has 0 aliphatic carbocycles. The largest absolute Gasteiger partial charge is 0.443 e. The highest BCUT2D eigenvalue weighted by Crippen LogP contribution is 2.33. The van der Waals surface area contributed by atoms with E-state index in [2.05, 4.69) is 20.2 Å². The van der Waals surface area contributed by atoms with Crippen LogP contribution in [0.4, 0.5) is 10.2 Å². The Morgan fingerprint density at radius 3 is 2.72 bits per heavy atom. The van der Waals surface area contributed by atoms with Gasteiger partial charge in [-0.05, 0) is 51.3 Å². The Balaban J connectivity index is 1.42. The molecule has 6 nitrogen and oxygen atoms in total. The molecule has 0 saturated carbocycles. The van der Waals surface area contributed by atoms with Crippen molar-refractivity contribution in [3.05, 3.63) is 52.8 Å². The molecule has 1 amide bonds. The van der Waals surface area contributed by atoms with Gasteiger partial charge in [-0.25, -0.2) is 9.37 Å². The Bertz CT molecular complexity index is 1050. The molecule has 0 atom stereocenters. The zero-order valence-electron chi connectivity index (χ0n) is 17.0. The summed E-state index contributed by atoms with van der Waals surface area (Å²) in [7, 11) is 0. The van der Waals surface area contributed by atoms with E-state index in [9.17, 15) is 9.18 Å². The maximum atomic E-state index is 13.3. The number of benzene rings is 1. The Morgan fingerprint density at radius 2 is 2.00 bits per heavy atom. The number of piperidine rings is 1. The van der Waals surface area contributed by atoms with Crippen LogP contribution < -0.4 is 10.2 Å². The van der Waals surface area contributed by atoms with Gasteiger partial charge in [0.1, 0.15) is 23.2 Å². The second-order valence-corrected chi connectivity index (χ2v) is 7.67.